The summed E-state index contributed by atoms with van der Waals surface area (Å²) < 4.78 is 11.7. The van der Waals surface area contributed by atoms with Crippen molar-refractivity contribution in [1.29, 1.82) is 0 Å². The number of anilines is 1. The minimum absolute atomic E-state index is 0.0358. The number of rotatable bonds is 7. The fourth-order valence-electron chi connectivity index (χ4n) is 2.11. The molecule has 1 aromatic rings. The highest BCUT2D eigenvalue weighted by molar-refractivity contribution is 6.74. The Hall–Kier alpha value is -1.40. The van der Waals surface area contributed by atoms with Crippen molar-refractivity contribution in [3.05, 3.63) is 18.0 Å². The molecule has 0 unspecified atom stereocenters. The van der Waals surface area contributed by atoms with Crippen LogP contribution in [0.15, 0.2) is 12.4 Å². The quantitative estimate of drug-likeness (QED) is 0.532. The highest BCUT2D eigenvalue weighted by atomic mass is 28.4. The Balaban J connectivity index is 2.84. The molecule has 0 atom stereocenters. The van der Waals surface area contributed by atoms with E-state index in [0.717, 1.165) is 24.1 Å². The van der Waals surface area contributed by atoms with Crippen molar-refractivity contribution < 1.29 is 14.0 Å². The smallest absolute Gasteiger partial charge is 0.229 e. The van der Waals surface area contributed by atoms with Crippen LogP contribution in [0.25, 0.3) is 0 Å². The van der Waals surface area contributed by atoms with E-state index in [1.54, 1.807) is 19.5 Å². The molecule has 0 spiro atoms. The number of hydrogen-bond acceptors (Lipinski definition) is 4. The van der Waals surface area contributed by atoms with Crippen molar-refractivity contribution in [1.82, 2.24) is 4.98 Å². The summed E-state index contributed by atoms with van der Waals surface area (Å²) in [7, 11) is -0.116. The summed E-state index contributed by atoms with van der Waals surface area (Å²) in [6, 6.07) is 0. The van der Waals surface area contributed by atoms with Crippen LogP contribution in [-0.2, 0) is 15.6 Å². The van der Waals surface area contributed by atoms with Crippen molar-refractivity contribution in [2.75, 3.05) is 19.0 Å². The molecule has 0 saturated heterocycles. The summed E-state index contributed by atoms with van der Waals surface area (Å²) in [6.45, 7) is 17.6. The Bertz CT molecular complexity index is 616. The van der Waals surface area contributed by atoms with Crippen molar-refractivity contribution in [3.8, 4) is 5.75 Å². The van der Waals surface area contributed by atoms with Crippen molar-refractivity contribution in [2.24, 2.45) is 5.41 Å². The number of carbonyl (C=O) groups excluding carboxylic acids is 1. The molecule has 0 bridgehead atoms. The van der Waals surface area contributed by atoms with Gasteiger partial charge in [0.2, 0.25) is 5.91 Å². The molecule has 1 rings (SSSR count). The topological polar surface area (TPSA) is 60.5 Å². The second-order valence-electron chi connectivity index (χ2n) is 9.28. The van der Waals surface area contributed by atoms with Crippen LogP contribution in [0.5, 0.6) is 5.75 Å². The summed E-state index contributed by atoms with van der Waals surface area (Å²) >= 11 is 0. The SMILES string of the molecule is COc1cncc(NC(=O)C(C)(C)C)c1CCCO[Si](C)(C)C(C)(C)C. The van der Waals surface area contributed by atoms with Crippen LogP contribution in [0, 0.1) is 5.41 Å². The van der Waals surface area contributed by atoms with E-state index >= 15 is 0 Å². The molecule has 1 amide bonds. The van der Waals surface area contributed by atoms with E-state index in [4.69, 9.17) is 9.16 Å². The fraction of sp³-hybridized carbons (Fsp3) is 0.700. The number of carbonyl (C=O) groups is 1. The number of methoxy groups -OCH3 is 1. The zero-order valence-corrected chi connectivity index (χ0v) is 18.9. The van der Waals surface area contributed by atoms with Gasteiger partial charge in [0.15, 0.2) is 8.32 Å². The minimum atomic E-state index is -1.74. The highest BCUT2D eigenvalue weighted by Crippen LogP contribution is 2.36. The number of aromatic nitrogens is 1. The number of ether oxygens (including phenoxy) is 1. The lowest BCUT2D eigenvalue weighted by atomic mass is 9.95. The summed E-state index contributed by atoms with van der Waals surface area (Å²) in [5.41, 5.74) is 1.22. The van der Waals surface area contributed by atoms with Gasteiger partial charge in [-0.25, -0.2) is 0 Å². The molecule has 0 aliphatic carbocycles. The summed E-state index contributed by atoms with van der Waals surface area (Å²) in [5.74, 6) is 0.662. The van der Waals surface area contributed by atoms with Crippen LogP contribution in [0.2, 0.25) is 18.1 Å². The van der Waals surface area contributed by atoms with Gasteiger partial charge in [-0.3, -0.25) is 9.78 Å². The molecule has 5 nitrogen and oxygen atoms in total. The summed E-state index contributed by atoms with van der Waals surface area (Å²) in [5, 5.41) is 3.19. The van der Waals surface area contributed by atoms with E-state index < -0.39 is 13.7 Å². The van der Waals surface area contributed by atoms with E-state index in [9.17, 15) is 4.79 Å². The van der Waals surface area contributed by atoms with Gasteiger partial charge in [0.25, 0.3) is 0 Å². The zero-order valence-electron chi connectivity index (χ0n) is 17.9. The van der Waals surface area contributed by atoms with Crippen LogP contribution in [0.1, 0.15) is 53.5 Å². The molecule has 0 aromatic carbocycles. The van der Waals surface area contributed by atoms with Crippen molar-refractivity contribution in [2.45, 2.75) is 72.5 Å². The first kappa shape index (κ1) is 22.6. The highest BCUT2D eigenvalue weighted by Gasteiger charge is 2.36. The third-order valence-corrected chi connectivity index (χ3v) is 9.55. The van der Waals surface area contributed by atoms with E-state index in [1.165, 1.54) is 0 Å². The van der Waals surface area contributed by atoms with Gasteiger partial charge in [-0.15, -0.1) is 0 Å². The molecule has 0 radical (unpaired) electrons. The number of nitrogens with one attached hydrogen (secondary N) is 1. The van der Waals surface area contributed by atoms with Gasteiger partial charge in [0.1, 0.15) is 5.75 Å². The lowest BCUT2D eigenvalue weighted by Gasteiger charge is -2.36. The predicted octanol–water partition coefficient (Wildman–Crippen LogP) is 5.03. The fourth-order valence-corrected chi connectivity index (χ4v) is 3.20. The first-order chi connectivity index (χ1) is 11.8. The second-order valence-corrected chi connectivity index (χ2v) is 14.1. The Morgan fingerprint density at radius 1 is 1.15 bits per heavy atom. The summed E-state index contributed by atoms with van der Waals surface area (Å²) in [6.07, 6.45) is 5.01. The molecular weight excluding hydrogens is 344 g/mol. The second kappa shape index (κ2) is 8.52. The molecule has 1 aromatic heterocycles. The Kier molecular flexibility index (Phi) is 7.42. The van der Waals surface area contributed by atoms with Gasteiger partial charge >= 0.3 is 0 Å². The third-order valence-electron chi connectivity index (χ3n) is 5.01. The predicted molar refractivity (Wildman–Crippen MR) is 110 cm³/mol. The van der Waals surface area contributed by atoms with Crippen LogP contribution < -0.4 is 10.1 Å². The maximum absolute atomic E-state index is 12.4. The molecule has 6 heteroatoms. The largest absolute Gasteiger partial charge is 0.495 e. The number of amides is 1. The van der Waals surface area contributed by atoms with Crippen molar-refractivity contribution >= 4 is 19.9 Å². The normalized spacial score (nSPS) is 12.8. The van der Waals surface area contributed by atoms with Crippen LogP contribution in [0.3, 0.4) is 0 Å². The van der Waals surface area contributed by atoms with Gasteiger partial charge in [0, 0.05) is 17.6 Å². The maximum Gasteiger partial charge on any atom is 0.229 e. The molecular formula is C20H36N2O3Si. The van der Waals surface area contributed by atoms with Crippen LogP contribution >= 0.6 is 0 Å². The van der Waals surface area contributed by atoms with Crippen LogP contribution in [0.4, 0.5) is 5.69 Å². The van der Waals surface area contributed by atoms with Gasteiger partial charge in [-0.1, -0.05) is 41.5 Å². The van der Waals surface area contributed by atoms with E-state index in [1.807, 2.05) is 20.8 Å². The van der Waals surface area contributed by atoms with Gasteiger partial charge in [-0.2, -0.15) is 0 Å². The van der Waals surface area contributed by atoms with Gasteiger partial charge in [-0.05, 0) is 31.0 Å². The lowest BCUT2D eigenvalue weighted by molar-refractivity contribution is -0.123. The van der Waals surface area contributed by atoms with E-state index in [2.05, 4.69) is 44.2 Å². The first-order valence-electron chi connectivity index (χ1n) is 9.26. The molecule has 148 valence electrons. The molecule has 0 saturated carbocycles. The molecule has 26 heavy (non-hydrogen) atoms. The maximum atomic E-state index is 12.4. The molecule has 0 aliphatic rings. The number of hydrogen-bond donors (Lipinski definition) is 1. The molecule has 0 fully saturated rings. The van der Waals surface area contributed by atoms with Crippen LogP contribution in [-0.4, -0.2) is 32.9 Å². The van der Waals surface area contributed by atoms with Gasteiger partial charge in [0.05, 0.1) is 25.2 Å². The number of nitrogens with zero attached hydrogens (tertiary/aromatic N) is 1. The van der Waals surface area contributed by atoms with E-state index in [-0.39, 0.29) is 10.9 Å². The average Bonchev–Trinajstić information content (AvgIpc) is 2.50. The molecule has 1 N–H and O–H groups in total. The average molecular weight is 381 g/mol. The Labute approximate surface area is 160 Å². The summed E-state index contributed by atoms with van der Waals surface area (Å²) in [4.78, 5) is 16.5. The molecule has 1 heterocycles. The van der Waals surface area contributed by atoms with E-state index in [0.29, 0.717) is 12.4 Å². The Morgan fingerprint density at radius 3 is 2.27 bits per heavy atom. The number of pyridine rings is 1. The zero-order chi connectivity index (χ0) is 20.2. The standard InChI is InChI=1S/C20H36N2O3Si/c1-19(2,3)18(23)22-16-13-21-14-17(24-7)15(16)11-10-12-25-26(8,9)20(4,5)6/h13-14H,10-12H2,1-9H3,(H,22,23). The third kappa shape index (κ3) is 6.09. The van der Waals surface area contributed by atoms with Crippen molar-refractivity contribution in [3.63, 3.8) is 0 Å². The van der Waals surface area contributed by atoms with Gasteiger partial charge < -0.3 is 14.5 Å². The lowest BCUT2D eigenvalue weighted by Crippen LogP contribution is -2.41. The molecule has 0 aliphatic heterocycles. The first-order valence-corrected chi connectivity index (χ1v) is 12.2. The minimum Gasteiger partial charge on any atom is -0.495 e. The monoisotopic (exact) mass is 380 g/mol. The Morgan fingerprint density at radius 2 is 1.77 bits per heavy atom.